The fraction of sp³-hybridized carbons (Fsp3) is 0.556. The Labute approximate surface area is 91.2 Å². The molecule has 0 spiro atoms. The van der Waals surface area contributed by atoms with Gasteiger partial charge in [0.1, 0.15) is 0 Å². The molecule has 1 aromatic rings. The number of aromatic nitrogens is 2. The molecule has 1 aliphatic carbocycles. The van der Waals surface area contributed by atoms with E-state index < -0.39 is 0 Å². The maximum atomic E-state index is 5.18. The Hall–Kier alpha value is -0.680. The Morgan fingerprint density at radius 1 is 1.43 bits per heavy atom. The van der Waals surface area contributed by atoms with Gasteiger partial charge in [-0.3, -0.25) is 0 Å². The van der Waals surface area contributed by atoms with E-state index in [4.69, 9.17) is 4.74 Å². The van der Waals surface area contributed by atoms with Crippen LogP contribution >= 0.6 is 15.9 Å². The molecule has 14 heavy (non-hydrogen) atoms. The molecule has 1 aromatic heterocycles. The predicted molar refractivity (Wildman–Crippen MR) is 57.2 cm³/mol. The Bertz CT molecular complexity index is 297. The largest absolute Gasteiger partial charge is 0.381 e. The Balaban J connectivity index is 1.84. The lowest BCUT2D eigenvalue weighted by molar-refractivity contribution is 0.0327. The lowest BCUT2D eigenvalue weighted by Crippen LogP contribution is -2.40. The van der Waals surface area contributed by atoms with Crippen LogP contribution in [0, 0.1) is 0 Å². The molecule has 0 unspecified atom stereocenters. The first-order chi connectivity index (χ1) is 6.78. The van der Waals surface area contributed by atoms with Gasteiger partial charge in [-0.05, 0) is 28.8 Å². The molecule has 1 fully saturated rings. The fourth-order valence-electron chi connectivity index (χ4n) is 1.45. The topological polar surface area (TPSA) is 47.0 Å². The van der Waals surface area contributed by atoms with Crippen LogP contribution in [0.5, 0.6) is 0 Å². The molecular formula is C9H12BrN3O. The molecule has 1 N–H and O–H groups in total. The van der Waals surface area contributed by atoms with Crippen LogP contribution in [0.15, 0.2) is 16.9 Å². The van der Waals surface area contributed by atoms with Crippen molar-refractivity contribution in [1.82, 2.24) is 9.97 Å². The van der Waals surface area contributed by atoms with Crippen molar-refractivity contribution < 1.29 is 4.74 Å². The van der Waals surface area contributed by atoms with Crippen molar-refractivity contribution in [2.75, 3.05) is 12.4 Å². The summed E-state index contributed by atoms with van der Waals surface area (Å²) in [5, 5.41) is 3.25. The lowest BCUT2D eigenvalue weighted by atomic mass is 9.89. The summed E-state index contributed by atoms with van der Waals surface area (Å²) in [5.74, 6) is 0.688. The molecule has 0 atom stereocenters. The van der Waals surface area contributed by atoms with Gasteiger partial charge in [-0.15, -0.1) is 0 Å². The molecule has 0 radical (unpaired) electrons. The number of methoxy groups -OCH3 is 1. The van der Waals surface area contributed by atoms with Gasteiger partial charge in [0.15, 0.2) is 0 Å². The molecule has 76 valence electrons. The monoisotopic (exact) mass is 257 g/mol. The van der Waals surface area contributed by atoms with Crippen LogP contribution < -0.4 is 5.32 Å². The van der Waals surface area contributed by atoms with E-state index in [0.29, 0.717) is 18.1 Å². The zero-order valence-corrected chi connectivity index (χ0v) is 9.49. The average Bonchev–Trinajstić information content (AvgIpc) is 2.13. The first kappa shape index (κ1) is 9.86. The van der Waals surface area contributed by atoms with Gasteiger partial charge in [-0.2, -0.15) is 0 Å². The standard InChI is InChI=1S/C9H12BrN3O/c1-14-8-2-7(3-8)13-9-11-4-6(10)5-12-9/h4-5,7-8H,2-3H2,1H3,(H,11,12,13). The van der Waals surface area contributed by atoms with Crippen LogP contribution in [0.3, 0.4) is 0 Å². The molecule has 0 aliphatic heterocycles. The van der Waals surface area contributed by atoms with Crippen molar-refractivity contribution in [2.45, 2.75) is 25.0 Å². The fourth-order valence-corrected chi connectivity index (χ4v) is 1.65. The molecule has 1 aliphatic rings. The smallest absolute Gasteiger partial charge is 0.222 e. The average molecular weight is 258 g/mol. The maximum Gasteiger partial charge on any atom is 0.222 e. The van der Waals surface area contributed by atoms with Gasteiger partial charge >= 0.3 is 0 Å². The molecule has 0 bridgehead atoms. The van der Waals surface area contributed by atoms with Crippen molar-refractivity contribution >= 4 is 21.9 Å². The van der Waals surface area contributed by atoms with Crippen LogP contribution in [0.4, 0.5) is 5.95 Å². The van der Waals surface area contributed by atoms with Crippen molar-refractivity contribution in [3.63, 3.8) is 0 Å². The Morgan fingerprint density at radius 2 is 2.07 bits per heavy atom. The van der Waals surface area contributed by atoms with Gasteiger partial charge in [-0.1, -0.05) is 0 Å². The summed E-state index contributed by atoms with van der Waals surface area (Å²) >= 11 is 3.29. The highest BCUT2D eigenvalue weighted by molar-refractivity contribution is 9.10. The summed E-state index contributed by atoms with van der Waals surface area (Å²) in [6, 6.07) is 0.459. The van der Waals surface area contributed by atoms with E-state index in [1.54, 1.807) is 19.5 Å². The van der Waals surface area contributed by atoms with E-state index in [-0.39, 0.29) is 0 Å². The van der Waals surface area contributed by atoms with Gasteiger partial charge < -0.3 is 10.1 Å². The van der Waals surface area contributed by atoms with Gasteiger partial charge in [0.2, 0.25) is 5.95 Å². The molecule has 1 heterocycles. The number of anilines is 1. The first-order valence-corrected chi connectivity index (χ1v) is 5.34. The molecule has 5 heteroatoms. The number of rotatable bonds is 3. The van der Waals surface area contributed by atoms with E-state index in [1.807, 2.05) is 0 Å². The predicted octanol–water partition coefficient (Wildman–Crippen LogP) is 1.83. The van der Waals surface area contributed by atoms with Crippen molar-refractivity contribution in [2.24, 2.45) is 0 Å². The first-order valence-electron chi connectivity index (χ1n) is 4.55. The van der Waals surface area contributed by atoms with E-state index in [0.717, 1.165) is 17.3 Å². The van der Waals surface area contributed by atoms with Crippen molar-refractivity contribution in [1.29, 1.82) is 0 Å². The molecule has 4 nitrogen and oxygen atoms in total. The minimum absolute atomic E-state index is 0.406. The molecule has 1 saturated carbocycles. The van der Waals surface area contributed by atoms with Crippen LogP contribution in [0.25, 0.3) is 0 Å². The van der Waals surface area contributed by atoms with Gasteiger partial charge in [0.25, 0.3) is 0 Å². The second kappa shape index (κ2) is 4.23. The van der Waals surface area contributed by atoms with E-state index in [2.05, 4.69) is 31.2 Å². The zero-order valence-electron chi connectivity index (χ0n) is 7.90. The Kier molecular flexibility index (Phi) is 2.98. The normalized spacial score (nSPS) is 25.6. The number of nitrogens with zero attached hydrogens (tertiary/aromatic N) is 2. The van der Waals surface area contributed by atoms with E-state index in [1.165, 1.54) is 0 Å². The lowest BCUT2D eigenvalue weighted by Gasteiger charge is -2.34. The molecule has 0 aromatic carbocycles. The van der Waals surface area contributed by atoms with Gasteiger partial charge in [-0.25, -0.2) is 9.97 Å². The third-order valence-corrected chi connectivity index (χ3v) is 2.79. The number of halogens is 1. The number of ether oxygens (including phenoxy) is 1. The SMILES string of the molecule is COC1CC(Nc2ncc(Br)cn2)C1. The van der Waals surface area contributed by atoms with Crippen LogP contribution in [0.2, 0.25) is 0 Å². The minimum Gasteiger partial charge on any atom is -0.381 e. The second-order valence-corrected chi connectivity index (χ2v) is 4.31. The molecule has 0 amide bonds. The molecule has 2 rings (SSSR count). The number of hydrogen-bond acceptors (Lipinski definition) is 4. The molecular weight excluding hydrogens is 246 g/mol. The third kappa shape index (κ3) is 2.22. The summed E-state index contributed by atoms with van der Waals surface area (Å²) in [7, 11) is 1.75. The minimum atomic E-state index is 0.406. The zero-order chi connectivity index (χ0) is 9.97. The van der Waals surface area contributed by atoms with Crippen LogP contribution in [0.1, 0.15) is 12.8 Å². The van der Waals surface area contributed by atoms with Gasteiger partial charge in [0, 0.05) is 25.5 Å². The van der Waals surface area contributed by atoms with E-state index in [9.17, 15) is 0 Å². The third-order valence-electron chi connectivity index (χ3n) is 2.38. The van der Waals surface area contributed by atoms with Crippen molar-refractivity contribution in [3.05, 3.63) is 16.9 Å². The van der Waals surface area contributed by atoms with Crippen LogP contribution in [-0.2, 0) is 4.74 Å². The maximum absolute atomic E-state index is 5.18. The summed E-state index contributed by atoms with van der Waals surface area (Å²) in [5.41, 5.74) is 0. The summed E-state index contributed by atoms with van der Waals surface area (Å²) < 4.78 is 6.08. The van der Waals surface area contributed by atoms with Gasteiger partial charge in [0.05, 0.1) is 10.6 Å². The van der Waals surface area contributed by atoms with Crippen LogP contribution in [-0.4, -0.2) is 29.2 Å². The summed E-state index contributed by atoms with van der Waals surface area (Å²) in [4.78, 5) is 8.28. The summed E-state index contributed by atoms with van der Waals surface area (Å²) in [6.45, 7) is 0. The highest BCUT2D eigenvalue weighted by atomic mass is 79.9. The Morgan fingerprint density at radius 3 is 2.64 bits per heavy atom. The highest BCUT2D eigenvalue weighted by Gasteiger charge is 2.29. The second-order valence-electron chi connectivity index (χ2n) is 3.40. The number of nitrogens with one attached hydrogen (secondary N) is 1. The highest BCUT2D eigenvalue weighted by Crippen LogP contribution is 2.25. The van der Waals surface area contributed by atoms with Crippen molar-refractivity contribution in [3.8, 4) is 0 Å². The molecule has 0 saturated heterocycles. The number of hydrogen-bond donors (Lipinski definition) is 1. The quantitative estimate of drug-likeness (QED) is 0.898. The van der Waals surface area contributed by atoms with E-state index >= 15 is 0 Å². The summed E-state index contributed by atoms with van der Waals surface area (Å²) in [6.07, 6.45) is 5.96.